The van der Waals surface area contributed by atoms with E-state index in [1.807, 2.05) is 6.08 Å². The van der Waals surface area contributed by atoms with E-state index in [0.29, 0.717) is 6.42 Å². The molecule has 65 heavy (non-hydrogen) atoms. The summed E-state index contributed by atoms with van der Waals surface area (Å²) in [7, 11) is 0. The molecule has 0 aromatic heterocycles. The fourth-order valence-corrected chi connectivity index (χ4v) is 8.49. The molecule has 0 spiro atoms. The van der Waals surface area contributed by atoms with Crippen LogP contribution in [0.4, 0.5) is 0 Å². The van der Waals surface area contributed by atoms with Crippen molar-refractivity contribution in [1.29, 1.82) is 0 Å². The highest BCUT2D eigenvalue weighted by atomic mass is 16.7. The van der Waals surface area contributed by atoms with Crippen LogP contribution in [0.5, 0.6) is 0 Å². The number of amides is 1. The molecule has 380 valence electrons. The van der Waals surface area contributed by atoms with E-state index in [4.69, 9.17) is 9.47 Å². The van der Waals surface area contributed by atoms with Crippen LogP contribution >= 0.6 is 0 Å². The van der Waals surface area contributed by atoms with Crippen molar-refractivity contribution < 1.29 is 39.8 Å². The number of rotatable bonds is 46. The normalized spacial score (nSPS) is 20.3. The van der Waals surface area contributed by atoms with Gasteiger partial charge in [0.05, 0.1) is 25.4 Å². The summed E-state index contributed by atoms with van der Waals surface area (Å²) < 4.78 is 11.2. The molecular formula is C56H103NO8. The summed E-state index contributed by atoms with van der Waals surface area (Å²) in [5.41, 5.74) is 0. The fraction of sp³-hybridized carbons (Fsp3) is 0.839. The lowest BCUT2D eigenvalue weighted by atomic mass is 9.99. The standard InChI is InChI=1S/C56H103NO8/c1-3-5-7-9-11-13-15-16-17-18-19-20-21-22-23-24-25-26-27-28-29-30-31-32-33-34-35-36-37-39-41-43-45-50(59)49(48-64-56-55(63)54(62)53(61)51(47-58)65-56)57-52(60)46-44-42-40-38-14-12-10-8-6-4-2/h8,10,32-33,36-37,43,45,49-51,53-56,58-59,61-63H,3-7,9,11-31,34-35,38-42,44,46-48H2,1-2H3,(H,57,60)/b10-8-,33-32+,37-36+,45-43+. The van der Waals surface area contributed by atoms with Gasteiger partial charge in [-0.2, -0.15) is 0 Å². The first-order chi connectivity index (χ1) is 31.8. The molecule has 1 rings (SSSR count). The number of aliphatic hydroxyl groups excluding tert-OH is 5. The summed E-state index contributed by atoms with van der Waals surface area (Å²) in [6.45, 7) is 3.69. The average Bonchev–Trinajstić information content (AvgIpc) is 3.31. The Morgan fingerprint density at radius 3 is 1.35 bits per heavy atom. The molecule has 9 heteroatoms. The van der Waals surface area contributed by atoms with E-state index in [-0.39, 0.29) is 12.5 Å². The van der Waals surface area contributed by atoms with Crippen LogP contribution in [0.2, 0.25) is 0 Å². The van der Waals surface area contributed by atoms with Gasteiger partial charge in [0.1, 0.15) is 24.4 Å². The Balaban J connectivity index is 2.17. The maximum Gasteiger partial charge on any atom is 0.220 e. The lowest BCUT2D eigenvalue weighted by Gasteiger charge is -2.40. The zero-order valence-electron chi connectivity index (χ0n) is 42.0. The van der Waals surface area contributed by atoms with Crippen molar-refractivity contribution in [2.75, 3.05) is 13.2 Å². The molecule has 0 aromatic rings. The summed E-state index contributed by atoms with van der Waals surface area (Å²) >= 11 is 0. The topological polar surface area (TPSA) is 149 Å². The molecular weight excluding hydrogens is 815 g/mol. The quantitative estimate of drug-likeness (QED) is 0.0261. The van der Waals surface area contributed by atoms with Crippen LogP contribution in [0.3, 0.4) is 0 Å². The first kappa shape index (κ1) is 61.2. The third-order valence-corrected chi connectivity index (χ3v) is 12.8. The number of hydrogen-bond acceptors (Lipinski definition) is 8. The Bertz CT molecular complexity index is 1160. The number of allylic oxidation sites excluding steroid dienone is 7. The summed E-state index contributed by atoms with van der Waals surface area (Å²) in [4.78, 5) is 12.9. The molecule has 1 heterocycles. The number of nitrogens with one attached hydrogen (secondary N) is 1. The summed E-state index contributed by atoms with van der Waals surface area (Å²) in [5, 5.41) is 54.2. The third-order valence-electron chi connectivity index (χ3n) is 12.8. The Hall–Kier alpha value is -1.85. The largest absolute Gasteiger partial charge is 0.394 e. The van der Waals surface area contributed by atoms with Gasteiger partial charge in [-0.3, -0.25) is 4.79 Å². The van der Waals surface area contributed by atoms with Crippen molar-refractivity contribution in [3.05, 3.63) is 48.6 Å². The van der Waals surface area contributed by atoms with Crippen molar-refractivity contribution in [3.8, 4) is 0 Å². The number of unbranched alkanes of at least 4 members (excludes halogenated alkanes) is 30. The van der Waals surface area contributed by atoms with Gasteiger partial charge in [0.25, 0.3) is 0 Å². The Labute approximate surface area is 399 Å². The van der Waals surface area contributed by atoms with E-state index in [1.54, 1.807) is 6.08 Å². The molecule has 6 N–H and O–H groups in total. The smallest absolute Gasteiger partial charge is 0.220 e. The van der Waals surface area contributed by atoms with Crippen LogP contribution in [-0.4, -0.2) is 87.5 Å². The Morgan fingerprint density at radius 1 is 0.508 bits per heavy atom. The minimum absolute atomic E-state index is 0.203. The molecule has 0 aromatic carbocycles. The second-order valence-electron chi connectivity index (χ2n) is 19.0. The Kier molecular flexibility index (Phi) is 43.2. The molecule has 1 fully saturated rings. The number of hydrogen-bond donors (Lipinski definition) is 6. The first-order valence-electron chi connectivity index (χ1n) is 27.4. The number of aliphatic hydroxyl groups is 5. The van der Waals surface area contributed by atoms with Crippen LogP contribution in [0.1, 0.15) is 245 Å². The first-order valence-corrected chi connectivity index (χ1v) is 27.4. The van der Waals surface area contributed by atoms with Gasteiger partial charge in [-0.05, 0) is 64.2 Å². The summed E-state index contributed by atoms with van der Waals surface area (Å²) in [6, 6.07) is -0.832. The number of carbonyl (C=O) groups excluding carboxylic acids is 1. The monoisotopic (exact) mass is 918 g/mol. The molecule has 0 saturated carbocycles. The highest BCUT2D eigenvalue weighted by molar-refractivity contribution is 5.76. The second kappa shape index (κ2) is 45.9. The molecule has 0 aliphatic carbocycles. The molecule has 7 unspecified atom stereocenters. The van der Waals surface area contributed by atoms with Gasteiger partial charge in [0.2, 0.25) is 5.91 Å². The fourth-order valence-electron chi connectivity index (χ4n) is 8.49. The minimum atomic E-state index is -1.58. The average molecular weight is 918 g/mol. The van der Waals surface area contributed by atoms with Gasteiger partial charge in [-0.1, -0.05) is 223 Å². The van der Waals surface area contributed by atoms with Gasteiger partial charge in [-0.15, -0.1) is 0 Å². The summed E-state index contributed by atoms with van der Waals surface area (Å²) in [6.07, 6.45) is 53.6. The Morgan fingerprint density at radius 2 is 0.908 bits per heavy atom. The summed E-state index contributed by atoms with van der Waals surface area (Å²) in [5.74, 6) is -0.203. The molecule has 1 amide bonds. The lowest BCUT2D eigenvalue weighted by Crippen LogP contribution is -2.60. The van der Waals surface area contributed by atoms with Crippen molar-refractivity contribution in [1.82, 2.24) is 5.32 Å². The second-order valence-corrected chi connectivity index (χ2v) is 19.0. The van der Waals surface area contributed by atoms with Crippen molar-refractivity contribution in [2.24, 2.45) is 0 Å². The molecule has 1 saturated heterocycles. The number of carbonyl (C=O) groups is 1. The van der Waals surface area contributed by atoms with Crippen LogP contribution in [0, 0.1) is 0 Å². The van der Waals surface area contributed by atoms with Gasteiger partial charge >= 0.3 is 0 Å². The van der Waals surface area contributed by atoms with Crippen molar-refractivity contribution in [3.63, 3.8) is 0 Å². The van der Waals surface area contributed by atoms with Gasteiger partial charge in [-0.25, -0.2) is 0 Å². The van der Waals surface area contributed by atoms with Crippen molar-refractivity contribution >= 4 is 5.91 Å². The van der Waals surface area contributed by atoms with E-state index in [1.165, 1.54) is 154 Å². The van der Waals surface area contributed by atoms with E-state index in [9.17, 15) is 30.3 Å². The molecule has 0 radical (unpaired) electrons. The predicted molar refractivity (Wildman–Crippen MR) is 272 cm³/mol. The minimum Gasteiger partial charge on any atom is -0.394 e. The molecule has 9 nitrogen and oxygen atoms in total. The molecule has 7 atom stereocenters. The molecule has 0 bridgehead atoms. The zero-order chi connectivity index (χ0) is 47.3. The maximum atomic E-state index is 12.9. The van der Waals surface area contributed by atoms with Gasteiger partial charge in [0.15, 0.2) is 6.29 Å². The third kappa shape index (κ3) is 35.9. The molecule has 1 aliphatic rings. The maximum absolute atomic E-state index is 12.9. The van der Waals surface area contributed by atoms with E-state index < -0.39 is 49.5 Å². The molecule has 1 aliphatic heterocycles. The van der Waals surface area contributed by atoms with E-state index >= 15 is 0 Å². The van der Waals surface area contributed by atoms with Gasteiger partial charge < -0.3 is 40.3 Å². The van der Waals surface area contributed by atoms with Crippen LogP contribution in [0.25, 0.3) is 0 Å². The predicted octanol–water partition coefficient (Wildman–Crippen LogP) is 13.0. The van der Waals surface area contributed by atoms with Crippen LogP contribution in [-0.2, 0) is 14.3 Å². The van der Waals surface area contributed by atoms with Crippen molar-refractivity contribution in [2.45, 2.75) is 288 Å². The van der Waals surface area contributed by atoms with E-state index in [0.717, 1.165) is 70.6 Å². The SMILES string of the molecule is CCC/C=C\CCCCCCCC(=O)NC(COC1OC(CO)C(O)C(O)C1O)C(O)/C=C/CC/C=C/CC/C=C/CCCCCCCCCCCCCCCCCCCCCCCC. The number of ether oxygens (including phenoxy) is 2. The van der Waals surface area contributed by atoms with Gasteiger partial charge in [0, 0.05) is 6.42 Å². The zero-order valence-corrected chi connectivity index (χ0v) is 42.0. The highest BCUT2D eigenvalue weighted by Gasteiger charge is 2.44. The lowest BCUT2D eigenvalue weighted by molar-refractivity contribution is -0.302. The van der Waals surface area contributed by atoms with E-state index in [2.05, 4.69) is 55.6 Å². The highest BCUT2D eigenvalue weighted by Crippen LogP contribution is 2.23. The van der Waals surface area contributed by atoms with Crippen LogP contribution in [0.15, 0.2) is 48.6 Å². The van der Waals surface area contributed by atoms with Crippen LogP contribution < -0.4 is 5.32 Å².